The summed E-state index contributed by atoms with van der Waals surface area (Å²) in [7, 11) is 1.54. The Morgan fingerprint density at radius 1 is 0.943 bits per heavy atom. The number of aromatic hydroxyl groups is 1. The summed E-state index contributed by atoms with van der Waals surface area (Å²) in [5.74, 6) is 11.2. The van der Waals surface area contributed by atoms with E-state index in [4.69, 9.17) is 10.5 Å². The monoisotopic (exact) mass is 953 g/mol. The maximum absolute atomic E-state index is 14.8. The summed E-state index contributed by atoms with van der Waals surface area (Å²) in [5, 5.41) is 49.6. The maximum atomic E-state index is 14.8. The zero-order chi connectivity index (χ0) is 49.1. The average Bonchev–Trinajstić information content (AvgIpc) is 3.40. The topological polar surface area (TPSA) is 166 Å². The van der Waals surface area contributed by atoms with Crippen molar-refractivity contribution in [3.8, 4) is 23.3 Å². The molecule has 2 aliphatic heterocycles. The lowest BCUT2D eigenvalue weighted by Gasteiger charge is -2.54. The zero-order valence-corrected chi connectivity index (χ0v) is 42.2. The first-order chi connectivity index (χ1) is 33.8. The first-order valence-electron chi connectivity index (χ1n) is 27.0. The number of allylic oxidation sites excluding steroid dienone is 2. The van der Waals surface area contributed by atoms with Crippen molar-refractivity contribution in [3.63, 3.8) is 0 Å². The van der Waals surface area contributed by atoms with Gasteiger partial charge in [-0.25, -0.2) is 0 Å². The largest absolute Gasteiger partial charge is 0.504 e. The number of fused-ring (bicyclic) bond motifs is 5. The van der Waals surface area contributed by atoms with Crippen LogP contribution in [-0.4, -0.2) is 78.4 Å². The van der Waals surface area contributed by atoms with Crippen molar-refractivity contribution < 1.29 is 29.6 Å². The second-order valence-corrected chi connectivity index (χ2v) is 22.6. The summed E-state index contributed by atoms with van der Waals surface area (Å²) in [6, 6.07) is 19.0. The van der Waals surface area contributed by atoms with Crippen LogP contribution in [0.1, 0.15) is 133 Å². The number of aliphatic hydroxyl groups excluding tert-OH is 2. The molecule has 3 saturated carbocycles. The van der Waals surface area contributed by atoms with E-state index < -0.39 is 23.5 Å². The molecule has 1 saturated heterocycles. The Hall–Kier alpha value is -4.66. The molecule has 0 amide bonds. The van der Waals surface area contributed by atoms with Gasteiger partial charge in [-0.15, -0.1) is 0 Å². The van der Waals surface area contributed by atoms with Crippen molar-refractivity contribution in [2.45, 2.75) is 141 Å². The summed E-state index contributed by atoms with van der Waals surface area (Å²) in [6.45, 7) is 10.1. The van der Waals surface area contributed by atoms with Gasteiger partial charge >= 0.3 is 0 Å². The van der Waals surface area contributed by atoms with Crippen LogP contribution in [0, 0.1) is 64.6 Å². The second kappa shape index (κ2) is 22.0. The van der Waals surface area contributed by atoms with Gasteiger partial charge in [-0.05, 0) is 182 Å². The summed E-state index contributed by atoms with van der Waals surface area (Å²) >= 11 is 0. The Bertz CT molecular complexity index is 2490. The standard InChI is InChI=1S/C60H80N4O6/c1-5-62-34-44-28-51-45(35-64-52-32-46(65)15-17-47(51)52)27-49(44)41-21-24-60(57(69)30-41)23-20-38(50-33-54(67)55(70-4)29-40(50)14-19-56(60)68)13-18-53(66)48(16-10-36(2)3)59(43-22-25-63-58(61)31-43)42-12-11-37-8-6-7-9-39(37)26-42/h6-9,11-12,22,26,29,31,33,36,38,41,44-45,47-49,51-53,57,59,62-64,66-67,69H,5,10,13-19,21,24-25,27-28,30,32,34-35,61H2,1-4H3. The lowest BCUT2D eigenvalue weighted by Crippen LogP contribution is -2.57. The molecule has 0 radical (unpaired) electrons. The van der Waals surface area contributed by atoms with Crippen LogP contribution in [0.4, 0.5) is 0 Å². The smallest absolute Gasteiger partial charge is 0.160 e. The third-order valence-electron chi connectivity index (χ3n) is 18.2. The molecule has 4 aliphatic carbocycles. The van der Waals surface area contributed by atoms with Crippen LogP contribution in [0.15, 0.2) is 78.1 Å². The number of carbonyl (C=O) groups excluding carboxylic acids is 2. The zero-order valence-electron chi connectivity index (χ0n) is 42.2. The van der Waals surface area contributed by atoms with Crippen molar-refractivity contribution in [1.29, 1.82) is 0 Å². The number of nitrogens with two attached hydrogens (primary N) is 1. The second-order valence-electron chi connectivity index (χ2n) is 22.6. The fraction of sp³-hybridized carbons (Fsp3) is 0.600. The Labute approximate surface area is 417 Å². The van der Waals surface area contributed by atoms with Gasteiger partial charge in [0.15, 0.2) is 17.3 Å². The summed E-state index contributed by atoms with van der Waals surface area (Å²) < 4.78 is 5.61. The van der Waals surface area contributed by atoms with E-state index in [1.165, 1.54) is 12.5 Å². The van der Waals surface area contributed by atoms with E-state index in [1.807, 2.05) is 12.1 Å². The van der Waals surface area contributed by atoms with Crippen LogP contribution in [-0.2, 0) is 16.0 Å². The predicted molar refractivity (Wildman–Crippen MR) is 278 cm³/mol. The molecule has 13 unspecified atom stereocenters. The molecule has 0 aromatic heterocycles. The van der Waals surface area contributed by atoms with Gasteiger partial charge < -0.3 is 41.7 Å². The van der Waals surface area contributed by atoms with E-state index in [9.17, 15) is 24.9 Å². The van der Waals surface area contributed by atoms with Crippen molar-refractivity contribution >= 4 is 22.3 Å². The van der Waals surface area contributed by atoms with Gasteiger partial charge in [0.1, 0.15) is 11.2 Å². The van der Waals surface area contributed by atoms with E-state index in [2.05, 4.69) is 97.1 Å². The number of carbonyl (C=O) groups is 2. The maximum Gasteiger partial charge on any atom is 0.160 e. The molecule has 376 valence electrons. The number of phenols is 1. The third-order valence-corrected chi connectivity index (χ3v) is 18.2. The van der Waals surface area contributed by atoms with E-state index >= 15 is 0 Å². The van der Waals surface area contributed by atoms with Crippen molar-refractivity contribution in [3.05, 3.63) is 94.8 Å². The van der Waals surface area contributed by atoms with Crippen LogP contribution in [0.25, 0.3) is 10.8 Å². The minimum Gasteiger partial charge on any atom is -0.504 e. The molecule has 9 rings (SSSR count). The fourth-order valence-corrected chi connectivity index (χ4v) is 14.4. The highest BCUT2D eigenvalue weighted by Gasteiger charge is 2.53. The SMILES string of the molecule is CCNCC1CC2C(CNC3CC(=O)CCC32)CC1C1CCC2(C#CC(CCC(O)C(CCC(C)C)C(C3=CCNC(N)=C3)c3ccc4ccccc4c3)c3cc(O)c(OC)cc3CCC2=O)C(O)C1. The van der Waals surface area contributed by atoms with E-state index in [-0.39, 0.29) is 35.7 Å². The molecule has 10 nitrogen and oxygen atoms in total. The van der Waals surface area contributed by atoms with Gasteiger partial charge in [-0.3, -0.25) is 9.59 Å². The quantitative estimate of drug-likeness (QED) is 0.0733. The minimum absolute atomic E-state index is 0.0125. The average molecular weight is 953 g/mol. The molecule has 0 bridgehead atoms. The van der Waals surface area contributed by atoms with Gasteiger partial charge in [0.25, 0.3) is 0 Å². The molecule has 70 heavy (non-hydrogen) atoms. The van der Waals surface area contributed by atoms with Crippen LogP contribution >= 0.6 is 0 Å². The summed E-state index contributed by atoms with van der Waals surface area (Å²) in [6.07, 6.45) is 12.5. The molecule has 1 spiro atoms. The predicted octanol–water partition coefficient (Wildman–Crippen LogP) is 8.82. The van der Waals surface area contributed by atoms with Crippen LogP contribution < -0.4 is 26.4 Å². The molecule has 10 heteroatoms. The highest BCUT2D eigenvalue weighted by Crippen LogP contribution is 2.54. The number of ketones is 2. The fourth-order valence-electron chi connectivity index (χ4n) is 14.4. The summed E-state index contributed by atoms with van der Waals surface area (Å²) in [5.41, 5.74) is 9.24. The first kappa shape index (κ1) is 50.3. The molecule has 6 aliphatic rings. The van der Waals surface area contributed by atoms with Gasteiger partial charge in [0.2, 0.25) is 0 Å². The van der Waals surface area contributed by atoms with E-state index in [0.29, 0.717) is 110 Å². The highest BCUT2D eigenvalue weighted by atomic mass is 16.5. The number of nitrogens with one attached hydrogen (secondary N) is 3. The van der Waals surface area contributed by atoms with Crippen molar-refractivity contribution in [2.75, 3.05) is 33.3 Å². The lowest BCUT2D eigenvalue weighted by atomic mass is 9.54. The number of aryl methyl sites for hydroxylation is 1. The number of methoxy groups -OCH3 is 1. The Kier molecular flexibility index (Phi) is 15.8. The number of dihydropyridines is 1. The number of hydrogen-bond acceptors (Lipinski definition) is 10. The van der Waals surface area contributed by atoms with Gasteiger partial charge in [-0.1, -0.05) is 87.6 Å². The van der Waals surface area contributed by atoms with Crippen LogP contribution in [0.2, 0.25) is 0 Å². The summed E-state index contributed by atoms with van der Waals surface area (Å²) in [4.78, 5) is 27.2. The van der Waals surface area contributed by atoms with E-state index in [1.54, 1.807) is 6.07 Å². The highest BCUT2D eigenvalue weighted by molar-refractivity contribution is 5.89. The van der Waals surface area contributed by atoms with Crippen molar-refractivity contribution in [1.82, 2.24) is 16.0 Å². The Morgan fingerprint density at radius 2 is 1.77 bits per heavy atom. The number of hydrogen-bond donors (Lipinski definition) is 7. The van der Waals surface area contributed by atoms with Crippen molar-refractivity contribution in [2.24, 2.45) is 58.5 Å². The minimum atomic E-state index is -1.20. The molecule has 3 aromatic carbocycles. The molecule has 8 N–H and O–H groups in total. The third kappa shape index (κ3) is 10.6. The Morgan fingerprint density at radius 3 is 2.54 bits per heavy atom. The van der Waals surface area contributed by atoms with Gasteiger partial charge in [0.05, 0.1) is 25.1 Å². The van der Waals surface area contributed by atoms with Crippen LogP contribution in [0.3, 0.4) is 0 Å². The number of rotatable bonds is 15. The number of aliphatic hydroxyl groups is 2. The van der Waals surface area contributed by atoms with Gasteiger partial charge in [-0.2, -0.15) is 0 Å². The molecular formula is C60H80N4O6. The number of benzene rings is 3. The molecule has 13 atom stereocenters. The molecule has 2 heterocycles. The number of Topliss-reactive ketones (excluding diaryl/α,β-unsaturated/α-hetero) is 2. The number of ether oxygens (including phenoxy) is 1. The molecule has 3 aromatic rings. The number of piperidine rings is 1. The first-order valence-corrected chi connectivity index (χ1v) is 27.0. The normalized spacial score (nSPS) is 31.3. The van der Waals surface area contributed by atoms with E-state index in [0.717, 1.165) is 85.8 Å². The van der Waals surface area contributed by atoms with Crippen LogP contribution in [0.5, 0.6) is 11.5 Å². The molecular weight excluding hydrogens is 873 g/mol. The Balaban J connectivity index is 1.00. The van der Waals surface area contributed by atoms with Gasteiger partial charge in [0, 0.05) is 43.7 Å². The lowest BCUT2D eigenvalue weighted by molar-refractivity contribution is -0.136. The molecule has 4 fully saturated rings. The number of phenolic OH excluding ortho intramolecular Hbond substituents is 1.